The molecule has 1 unspecified atom stereocenters. The number of piperidine rings is 1. The van der Waals surface area contributed by atoms with Crippen molar-refractivity contribution in [1.29, 1.82) is 0 Å². The van der Waals surface area contributed by atoms with E-state index in [1.807, 2.05) is 11.0 Å². The van der Waals surface area contributed by atoms with Crippen molar-refractivity contribution < 1.29 is 13.9 Å². The lowest BCUT2D eigenvalue weighted by Gasteiger charge is -2.31. The van der Waals surface area contributed by atoms with Gasteiger partial charge in [0.15, 0.2) is 5.76 Å². The molecule has 0 saturated carbocycles. The van der Waals surface area contributed by atoms with Gasteiger partial charge >= 0.3 is 0 Å². The SMILES string of the molecule is COCC1CCCN(C(=O)c2cc3cc(N)ccc3o2)C1. The molecule has 2 aromatic rings. The minimum absolute atomic E-state index is 0.0504. The topological polar surface area (TPSA) is 68.7 Å². The summed E-state index contributed by atoms with van der Waals surface area (Å²) in [7, 11) is 1.70. The van der Waals surface area contributed by atoms with Gasteiger partial charge in [-0.1, -0.05) is 0 Å². The lowest BCUT2D eigenvalue weighted by molar-refractivity contribution is 0.0545. The first-order valence-electron chi connectivity index (χ1n) is 7.24. The number of anilines is 1. The summed E-state index contributed by atoms with van der Waals surface area (Å²) >= 11 is 0. The summed E-state index contributed by atoms with van der Waals surface area (Å²) in [6.07, 6.45) is 2.11. The number of hydrogen-bond acceptors (Lipinski definition) is 4. The number of nitrogens with two attached hydrogens (primary N) is 1. The predicted molar refractivity (Wildman–Crippen MR) is 81.1 cm³/mol. The molecule has 1 aromatic carbocycles. The summed E-state index contributed by atoms with van der Waals surface area (Å²) in [4.78, 5) is 14.4. The molecule has 1 atom stereocenters. The lowest BCUT2D eigenvalue weighted by Crippen LogP contribution is -2.41. The number of furan rings is 1. The molecule has 1 aliphatic heterocycles. The zero-order chi connectivity index (χ0) is 14.8. The van der Waals surface area contributed by atoms with Crippen LogP contribution in [0.15, 0.2) is 28.7 Å². The standard InChI is InChI=1S/C16H20N2O3/c1-20-10-11-3-2-6-18(9-11)16(19)15-8-12-7-13(17)4-5-14(12)21-15/h4-5,7-8,11H,2-3,6,9-10,17H2,1H3. The Morgan fingerprint density at radius 2 is 2.33 bits per heavy atom. The van der Waals surface area contributed by atoms with Crippen LogP contribution in [-0.4, -0.2) is 37.6 Å². The quantitative estimate of drug-likeness (QED) is 0.881. The van der Waals surface area contributed by atoms with Gasteiger partial charge in [-0.25, -0.2) is 0 Å². The fourth-order valence-electron chi connectivity index (χ4n) is 2.94. The van der Waals surface area contributed by atoms with Crippen molar-refractivity contribution in [2.24, 2.45) is 5.92 Å². The number of likely N-dealkylation sites (tertiary alicyclic amines) is 1. The summed E-state index contributed by atoms with van der Waals surface area (Å²) in [6.45, 7) is 2.20. The molecule has 21 heavy (non-hydrogen) atoms. The number of nitrogen functional groups attached to an aromatic ring is 1. The highest BCUT2D eigenvalue weighted by Crippen LogP contribution is 2.24. The molecule has 2 N–H and O–H groups in total. The normalized spacial score (nSPS) is 19.1. The van der Waals surface area contributed by atoms with Crippen molar-refractivity contribution in [3.63, 3.8) is 0 Å². The molecule has 3 rings (SSSR count). The second-order valence-corrected chi connectivity index (χ2v) is 5.62. The summed E-state index contributed by atoms with van der Waals surface area (Å²) < 4.78 is 10.9. The highest BCUT2D eigenvalue weighted by Gasteiger charge is 2.26. The third kappa shape index (κ3) is 2.88. The van der Waals surface area contributed by atoms with Gasteiger partial charge in [-0.3, -0.25) is 4.79 Å². The van der Waals surface area contributed by atoms with Crippen molar-refractivity contribution in [3.05, 3.63) is 30.0 Å². The van der Waals surface area contributed by atoms with Gasteiger partial charge in [0.05, 0.1) is 6.61 Å². The van der Waals surface area contributed by atoms with Gasteiger partial charge in [-0.15, -0.1) is 0 Å². The number of rotatable bonds is 3. The van der Waals surface area contributed by atoms with Gasteiger partial charge in [0.1, 0.15) is 5.58 Å². The van der Waals surface area contributed by atoms with Crippen LogP contribution in [0.2, 0.25) is 0 Å². The summed E-state index contributed by atoms with van der Waals surface area (Å²) in [5.41, 5.74) is 7.11. The van der Waals surface area contributed by atoms with E-state index in [1.54, 1.807) is 25.3 Å². The number of hydrogen-bond donors (Lipinski definition) is 1. The maximum absolute atomic E-state index is 12.6. The minimum atomic E-state index is -0.0504. The number of amides is 1. The van der Waals surface area contributed by atoms with Crippen LogP contribution in [-0.2, 0) is 4.74 Å². The Hall–Kier alpha value is -2.01. The van der Waals surface area contributed by atoms with E-state index in [2.05, 4.69) is 0 Å². The molecule has 0 spiro atoms. The van der Waals surface area contributed by atoms with Gasteiger partial charge in [0, 0.05) is 31.3 Å². The molecular weight excluding hydrogens is 268 g/mol. The fraction of sp³-hybridized carbons (Fsp3) is 0.438. The Bertz CT molecular complexity index is 648. The van der Waals surface area contributed by atoms with Gasteiger partial charge in [-0.2, -0.15) is 0 Å². The maximum atomic E-state index is 12.6. The van der Waals surface area contributed by atoms with Gasteiger partial charge < -0.3 is 19.8 Å². The van der Waals surface area contributed by atoms with Gasteiger partial charge in [0.2, 0.25) is 0 Å². The van der Waals surface area contributed by atoms with E-state index in [0.717, 1.165) is 31.3 Å². The number of fused-ring (bicyclic) bond motifs is 1. The van der Waals surface area contributed by atoms with E-state index in [0.29, 0.717) is 29.6 Å². The van der Waals surface area contributed by atoms with E-state index in [9.17, 15) is 4.79 Å². The van der Waals surface area contributed by atoms with Crippen molar-refractivity contribution in [1.82, 2.24) is 4.90 Å². The van der Waals surface area contributed by atoms with E-state index < -0.39 is 0 Å². The van der Waals surface area contributed by atoms with Gasteiger partial charge in [0.25, 0.3) is 5.91 Å². The van der Waals surface area contributed by atoms with Crippen LogP contribution in [0.5, 0.6) is 0 Å². The second kappa shape index (κ2) is 5.77. The molecule has 0 radical (unpaired) electrons. The number of carbonyl (C=O) groups is 1. The van der Waals surface area contributed by atoms with Crippen LogP contribution >= 0.6 is 0 Å². The van der Waals surface area contributed by atoms with Crippen LogP contribution in [0.4, 0.5) is 5.69 Å². The van der Waals surface area contributed by atoms with Crippen LogP contribution in [0.3, 0.4) is 0 Å². The molecule has 5 heteroatoms. The van der Waals surface area contributed by atoms with Crippen molar-refractivity contribution in [2.75, 3.05) is 32.5 Å². The Kier molecular flexibility index (Phi) is 3.84. The monoisotopic (exact) mass is 288 g/mol. The molecule has 1 amide bonds. The van der Waals surface area contributed by atoms with Gasteiger partial charge in [-0.05, 0) is 43.0 Å². The first-order chi connectivity index (χ1) is 10.2. The first-order valence-corrected chi connectivity index (χ1v) is 7.24. The third-order valence-electron chi connectivity index (χ3n) is 3.96. The molecule has 1 saturated heterocycles. The number of benzene rings is 1. The Morgan fingerprint density at radius 1 is 1.48 bits per heavy atom. The Morgan fingerprint density at radius 3 is 3.14 bits per heavy atom. The molecule has 1 aromatic heterocycles. The number of methoxy groups -OCH3 is 1. The molecule has 112 valence electrons. The number of carbonyl (C=O) groups excluding carboxylic acids is 1. The van der Waals surface area contributed by atoms with Crippen LogP contribution in [0.25, 0.3) is 11.0 Å². The molecule has 2 heterocycles. The average molecular weight is 288 g/mol. The number of nitrogens with zero attached hydrogens (tertiary/aromatic N) is 1. The summed E-state index contributed by atoms with van der Waals surface area (Å²) in [5, 5.41) is 0.865. The van der Waals surface area contributed by atoms with Crippen molar-refractivity contribution >= 4 is 22.6 Å². The highest BCUT2D eigenvalue weighted by molar-refractivity contribution is 5.96. The molecule has 1 fully saturated rings. The summed E-state index contributed by atoms with van der Waals surface area (Å²) in [6, 6.07) is 7.16. The van der Waals surface area contributed by atoms with Crippen LogP contribution in [0.1, 0.15) is 23.4 Å². The van der Waals surface area contributed by atoms with Crippen LogP contribution in [0, 0.1) is 5.92 Å². The largest absolute Gasteiger partial charge is 0.451 e. The third-order valence-corrected chi connectivity index (χ3v) is 3.96. The highest BCUT2D eigenvalue weighted by atomic mass is 16.5. The van der Waals surface area contributed by atoms with E-state index in [1.165, 1.54) is 0 Å². The molecule has 5 nitrogen and oxygen atoms in total. The molecular formula is C16H20N2O3. The second-order valence-electron chi connectivity index (χ2n) is 5.62. The van der Waals surface area contributed by atoms with E-state index in [4.69, 9.17) is 14.9 Å². The zero-order valence-electron chi connectivity index (χ0n) is 12.2. The fourth-order valence-corrected chi connectivity index (χ4v) is 2.94. The minimum Gasteiger partial charge on any atom is -0.451 e. The maximum Gasteiger partial charge on any atom is 0.289 e. The molecule has 0 bridgehead atoms. The average Bonchev–Trinajstić information content (AvgIpc) is 2.90. The lowest BCUT2D eigenvalue weighted by atomic mass is 9.99. The van der Waals surface area contributed by atoms with Crippen LogP contribution < -0.4 is 5.73 Å². The predicted octanol–water partition coefficient (Wildman–Crippen LogP) is 2.51. The summed E-state index contributed by atoms with van der Waals surface area (Å²) in [5.74, 6) is 0.743. The van der Waals surface area contributed by atoms with Crippen molar-refractivity contribution in [2.45, 2.75) is 12.8 Å². The molecule has 1 aliphatic rings. The Labute approximate surface area is 123 Å². The Balaban J connectivity index is 1.79. The smallest absolute Gasteiger partial charge is 0.289 e. The number of ether oxygens (including phenoxy) is 1. The zero-order valence-corrected chi connectivity index (χ0v) is 12.2. The molecule has 0 aliphatic carbocycles. The van der Waals surface area contributed by atoms with E-state index in [-0.39, 0.29) is 5.91 Å². The van der Waals surface area contributed by atoms with Crippen molar-refractivity contribution in [3.8, 4) is 0 Å². The first kappa shape index (κ1) is 13.9. The van der Waals surface area contributed by atoms with E-state index >= 15 is 0 Å².